The Balaban J connectivity index is 2.05. The highest BCUT2D eigenvalue weighted by Gasteiger charge is 2.13. The lowest BCUT2D eigenvalue weighted by atomic mass is 10.1. The molecular weight excluding hydrogens is 284 g/mol. The van der Waals surface area contributed by atoms with Crippen LogP contribution in [0.15, 0.2) is 48.5 Å². The van der Waals surface area contributed by atoms with Crippen molar-refractivity contribution in [1.82, 2.24) is 0 Å². The first-order valence-electron chi connectivity index (χ1n) is 6.62. The maximum atomic E-state index is 12.1. The maximum absolute atomic E-state index is 12.1. The molecule has 0 spiro atoms. The summed E-state index contributed by atoms with van der Waals surface area (Å²) in [5.41, 5.74) is 0.760. The van der Waals surface area contributed by atoms with Crippen molar-refractivity contribution in [3.63, 3.8) is 0 Å². The van der Waals surface area contributed by atoms with E-state index in [4.69, 9.17) is 14.2 Å². The summed E-state index contributed by atoms with van der Waals surface area (Å²) < 4.78 is 15.2. The molecule has 2 aromatic rings. The van der Waals surface area contributed by atoms with E-state index < -0.39 is 5.97 Å². The van der Waals surface area contributed by atoms with Crippen molar-refractivity contribution in [1.29, 1.82) is 0 Å². The maximum Gasteiger partial charge on any atom is 0.338 e. The summed E-state index contributed by atoms with van der Waals surface area (Å²) in [6, 6.07) is 13.3. The van der Waals surface area contributed by atoms with Crippen molar-refractivity contribution in [2.24, 2.45) is 0 Å². The van der Waals surface area contributed by atoms with Gasteiger partial charge in [-0.2, -0.15) is 0 Å². The fourth-order valence-corrected chi connectivity index (χ4v) is 1.84. The van der Waals surface area contributed by atoms with Gasteiger partial charge in [0, 0.05) is 11.6 Å². The van der Waals surface area contributed by atoms with Gasteiger partial charge in [-0.1, -0.05) is 18.2 Å². The van der Waals surface area contributed by atoms with Crippen LogP contribution in [0.2, 0.25) is 0 Å². The second-order valence-electron chi connectivity index (χ2n) is 4.47. The summed E-state index contributed by atoms with van der Waals surface area (Å²) in [5, 5.41) is 0. The van der Waals surface area contributed by atoms with Crippen molar-refractivity contribution in [3.05, 3.63) is 59.7 Å². The number of carbonyl (C=O) groups excluding carboxylic acids is 2. The first-order chi connectivity index (χ1) is 10.6. The lowest BCUT2D eigenvalue weighted by molar-refractivity contribution is 0.0474. The van der Waals surface area contributed by atoms with Gasteiger partial charge in [-0.25, -0.2) is 4.79 Å². The third-order valence-electron chi connectivity index (χ3n) is 3.02. The first-order valence-corrected chi connectivity index (χ1v) is 6.62. The molecular formula is C17H16O5. The van der Waals surface area contributed by atoms with Gasteiger partial charge in [0.2, 0.25) is 5.78 Å². The van der Waals surface area contributed by atoms with Crippen LogP contribution in [0.5, 0.6) is 11.5 Å². The SMILES string of the molecule is COc1cc(OC)cc(C(=O)COC(=O)c2ccccc2)c1. The van der Waals surface area contributed by atoms with E-state index in [-0.39, 0.29) is 12.4 Å². The quantitative estimate of drug-likeness (QED) is 0.606. The Morgan fingerprint density at radius 3 is 2.00 bits per heavy atom. The number of ketones is 1. The molecule has 0 aliphatic rings. The van der Waals surface area contributed by atoms with E-state index in [2.05, 4.69) is 0 Å². The molecule has 0 amide bonds. The van der Waals surface area contributed by atoms with E-state index >= 15 is 0 Å². The van der Waals surface area contributed by atoms with Crippen LogP contribution in [0.4, 0.5) is 0 Å². The van der Waals surface area contributed by atoms with Crippen molar-refractivity contribution in [2.75, 3.05) is 20.8 Å². The Labute approximate surface area is 128 Å². The highest BCUT2D eigenvalue weighted by molar-refractivity contribution is 5.99. The van der Waals surface area contributed by atoms with Crippen LogP contribution in [0.3, 0.4) is 0 Å². The Morgan fingerprint density at radius 1 is 0.864 bits per heavy atom. The number of benzene rings is 2. The van der Waals surface area contributed by atoms with Gasteiger partial charge < -0.3 is 14.2 Å². The molecule has 0 bridgehead atoms. The second-order valence-corrected chi connectivity index (χ2v) is 4.47. The summed E-state index contributed by atoms with van der Waals surface area (Å²) in [5.74, 6) is 0.125. The van der Waals surface area contributed by atoms with Crippen molar-refractivity contribution in [2.45, 2.75) is 0 Å². The highest BCUT2D eigenvalue weighted by atomic mass is 16.5. The number of Topliss-reactive ketones (excluding diaryl/α,β-unsaturated/α-hetero) is 1. The molecule has 0 aromatic heterocycles. The van der Waals surface area contributed by atoms with Crippen molar-refractivity contribution < 1.29 is 23.8 Å². The molecule has 114 valence electrons. The predicted molar refractivity (Wildman–Crippen MR) is 80.6 cm³/mol. The number of hydrogen-bond donors (Lipinski definition) is 0. The Kier molecular flexibility index (Phi) is 5.14. The van der Waals surface area contributed by atoms with Gasteiger partial charge >= 0.3 is 5.97 Å². The molecule has 0 radical (unpaired) electrons. The van der Waals surface area contributed by atoms with Crippen LogP contribution >= 0.6 is 0 Å². The summed E-state index contributed by atoms with van der Waals surface area (Å²) in [6.07, 6.45) is 0. The molecule has 0 aliphatic heterocycles. The average molecular weight is 300 g/mol. The lowest BCUT2D eigenvalue weighted by Gasteiger charge is -2.08. The van der Waals surface area contributed by atoms with Gasteiger partial charge in [-0.05, 0) is 24.3 Å². The van der Waals surface area contributed by atoms with Crippen LogP contribution in [-0.4, -0.2) is 32.6 Å². The van der Waals surface area contributed by atoms with Crippen LogP contribution in [-0.2, 0) is 4.74 Å². The molecule has 5 nitrogen and oxygen atoms in total. The monoisotopic (exact) mass is 300 g/mol. The third kappa shape index (κ3) is 3.85. The van der Waals surface area contributed by atoms with E-state index in [0.717, 1.165) is 0 Å². The number of rotatable bonds is 6. The van der Waals surface area contributed by atoms with Crippen LogP contribution in [0, 0.1) is 0 Å². The van der Waals surface area contributed by atoms with E-state index in [1.807, 2.05) is 0 Å². The van der Waals surface area contributed by atoms with Gasteiger partial charge in [0.25, 0.3) is 0 Å². The van der Waals surface area contributed by atoms with E-state index in [0.29, 0.717) is 22.6 Å². The molecule has 0 fully saturated rings. The molecule has 22 heavy (non-hydrogen) atoms. The van der Waals surface area contributed by atoms with Gasteiger partial charge in [0.15, 0.2) is 6.61 Å². The number of carbonyl (C=O) groups is 2. The topological polar surface area (TPSA) is 61.8 Å². The summed E-state index contributed by atoms with van der Waals surface area (Å²) in [7, 11) is 3.00. The molecule has 0 heterocycles. The molecule has 2 aromatic carbocycles. The normalized spacial score (nSPS) is 9.91. The number of methoxy groups -OCH3 is 2. The summed E-state index contributed by atoms with van der Waals surface area (Å²) in [6.45, 7) is -0.343. The van der Waals surface area contributed by atoms with Gasteiger partial charge in [-0.15, -0.1) is 0 Å². The fraction of sp³-hybridized carbons (Fsp3) is 0.176. The van der Waals surface area contributed by atoms with Crippen LogP contribution in [0.25, 0.3) is 0 Å². The molecule has 0 N–H and O–H groups in total. The van der Waals surface area contributed by atoms with Gasteiger partial charge in [0.05, 0.1) is 19.8 Å². The summed E-state index contributed by atoms with van der Waals surface area (Å²) in [4.78, 5) is 23.9. The minimum Gasteiger partial charge on any atom is -0.497 e. The van der Waals surface area contributed by atoms with E-state index in [9.17, 15) is 9.59 Å². The van der Waals surface area contributed by atoms with Gasteiger partial charge in [0.1, 0.15) is 11.5 Å². The smallest absolute Gasteiger partial charge is 0.338 e. The highest BCUT2D eigenvalue weighted by Crippen LogP contribution is 2.22. The zero-order chi connectivity index (χ0) is 15.9. The fourth-order valence-electron chi connectivity index (χ4n) is 1.84. The third-order valence-corrected chi connectivity index (χ3v) is 3.02. The molecule has 0 atom stereocenters. The molecule has 2 rings (SSSR count). The molecule has 0 saturated heterocycles. The second kappa shape index (κ2) is 7.26. The van der Waals surface area contributed by atoms with Gasteiger partial charge in [-0.3, -0.25) is 4.79 Å². The average Bonchev–Trinajstić information content (AvgIpc) is 2.59. The standard InChI is InChI=1S/C17H16O5/c1-20-14-8-13(9-15(10-14)21-2)16(18)11-22-17(19)12-6-4-3-5-7-12/h3-10H,11H2,1-2H3. The minimum absolute atomic E-state index is 0.332. The largest absolute Gasteiger partial charge is 0.497 e. The lowest BCUT2D eigenvalue weighted by Crippen LogP contribution is -2.14. The Hall–Kier alpha value is -2.82. The minimum atomic E-state index is -0.538. The number of esters is 1. The Bertz CT molecular complexity index is 642. The van der Waals surface area contributed by atoms with E-state index in [1.54, 1.807) is 48.5 Å². The molecule has 5 heteroatoms. The van der Waals surface area contributed by atoms with Crippen LogP contribution in [0.1, 0.15) is 20.7 Å². The zero-order valence-electron chi connectivity index (χ0n) is 12.4. The number of hydrogen-bond acceptors (Lipinski definition) is 5. The predicted octanol–water partition coefficient (Wildman–Crippen LogP) is 2.74. The van der Waals surface area contributed by atoms with Crippen molar-refractivity contribution in [3.8, 4) is 11.5 Å². The Morgan fingerprint density at radius 2 is 1.45 bits per heavy atom. The molecule has 0 unspecified atom stereocenters. The van der Waals surface area contributed by atoms with Crippen molar-refractivity contribution >= 4 is 11.8 Å². The zero-order valence-corrected chi connectivity index (χ0v) is 12.4. The molecule has 0 saturated carbocycles. The molecule has 0 aliphatic carbocycles. The summed E-state index contributed by atoms with van der Waals surface area (Å²) >= 11 is 0. The van der Waals surface area contributed by atoms with Crippen LogP contribution < -0.4 is 9.47 Å². The number of ether oxygens (including phenoxy) is 3. The van der Waals surface area contributed by atoms with E-state index in [1.165, 1.54) is 14.2 Å². The first kappa shape index (κ1) is 15.6.